The topological polar surface area (TPSA) is 91.1 Å². The summed E-state index contributed by atoms with van der Waals surface area (Å²) in [6.07, 6.45) is 1.48. The summed E-state index contributed by atoms with van der Waals surface area (Å²) < 4.78 is 10.3. The van der Waals surface area contributed by atoms with Crippen LogP contribution < -0.4 is 16.0 Å². The highest BCUT2D eigenvalue weighted by Crippen LogP contribution is 1.98. The molecule has 0 bridgehead atoms. The first kappa shape index (κ1) is 20.7. The highest BCUT2D eigenvalue weighted by molar-refractivity contribution is 14.0. The second-order valence-corrected chi connectivity index (χ2v) is 5.11. The van der Waals surface area contributed by atoms with Gasteiger partial charge in [-0.05, 0) is 12.1 Å². The number of rotatable bonds is 7. The van der Waals surface area contributed by atoms with Crippen molar-refractivity contribution in [2.75, 3.05) is 59.5 Å². The number of nitrogens with zero attached hydrogens (tertiary/aromatic N) is 2. The SMILES string of the molecule is CN=C(NCCNC(=O)c1ccco1)NCCN1CCOCC1.I. The molecule has 3 N–H and O–H groups in total. The summed E-state index contributed by atoms with van der Waals surface area (Å²) in [7, 11) is 1.73. The van der Waals surface area contributed by atoms with Crippen LogP contribution in [0.5, 0.6) is 0 Å². The van der Waals surface area contributed by atoms with Gasteiger partial charge in [0, 0.05) is 46.3 Å². The Morgan fingerprint density at radius 1 is 1.21 bits per heavy atom. The third-order valence-electron chi connectivity index (χ3n) is 3.50. The Balaban J connectivity index is 0.00000288. The van der Waals surface area contributed by atoms with Gasteiger partial charge in [-0.3, -0.25) is 14.7 Å². The summed E-state index contributed by atoms with van der Waals surface area (Å²) in [6, 6.07) is 3.32. The van der Waals surface area contributed by atoms with Crippen molar-refractivity contribution in [1.29, 1.82) is 0 Å². The molecule has 1 aliphatic heterocycles. The van der Waals surface area contributed by atoms with Gasteiger partial charge in [-0.15, -0.1) is 24.0 Å². The predicted octanol–water partition coefficient (Wildman–Crippen LogP) is 0.125. The highest BCUT2D eigenvalue weighted by Gasteiger charge is 2.10. The molecule has 8 nitrogen and oxygen atoms in total. The van der Waals surface area contributed by atoms with Crippen molar-refractivity contribution < 1.29 is 13.9 Å². The van der Waals surface area contributed by atoms with E-state index in [9.17, 15) is 4.79 Å². The van der Waals surface area contributed by atoms with Crippen LogP contribution in [-0.2, 0) is 4.74 Å². The Kier molecular flexibility index (Phi) is 10.4. The zero-order valence-corrected chi connectivity index (χ0v) is 16.2. The minimum Gasteiger partial charge on any atom is -0.459 e. The molecule has 2 heterocycles. The molecule has 24 heavy (non-hydrogen) atoms. The van der Waals surface area contributed by atoms with Crippen LogP contribution in [0.1, 0.15) is 10.6 Å². The molecule has 1 aromatic rings. The summed E-state index contributed by atoms with van der Waals surface area (Å²) in [5.74, 6) is 0.829. The minimum absolute atomic E-state index is 0. The lowest BCUT2D eigenvalue weighted by Gasteiger charge is -2.26. The van der Waals surface area contributed by atoms with Gasteiger partial charge in [-0.1, -0.05) is 0 Å². The molecule has 0 radical (unpaired) electrons. The lowest BCUT2D eigenvalue weighted by atomic mass is 10.4. The first-order valence-corrected chi connectivity index (χ1v) is 7.86. The van der Waals surface area contributed by atoms with Gasteiger partial charge in [0.25, 0.3) is 5.91 Å². The lowest BCUT2D eigenvalue weighted by Crippen LogP contribution is -2.45. The summed E-state index contributed by atoms with van der Waals surface area (Å²) in [4.78, 5) is 18.2. The normalized spacial score (nSPS) is 15.5. The van der Waals surface area contributed by atoms with Gasteiger partial charge >= 0.3 is 0 Å². The largest absolute Gasteiger partial charge is 0.459 e. The first-order chi connectivity index (χ1) is 11.3. The number of carbonyl (C=O) groups excluding carboxylic acids is 1. The van der Waals surface area contributed by atoms with Gasteiger partial charge in [0.15, 0.2) is 11.7 Å². The Labute approximate surface area is 159 Å². The maximum atomic E-state index is 11.7. The molecule has 1 aliphatic rings. The number of carbonyl (C=O) groups is 1. The molecule has 0 aliphatic carbocycles. The summed E-state index contributed by atoms with van der Waals surface area (Å²) >= 11 is 0. The number of furan rings is 1. The van der Waals surface area contributed by atoms with Crippen LogP contribution in [0.4, 0.5) is 0 Å². The Morgan fingerprint density at radius 3 is 2.58 bits per heavy atom. The van der Waals surface area contributed by atoms with Crippen LogP contribution in [-0.4, -0.2) is 76.3 Å². The number of nitrogens with one attached hydrogen (secondary N) is 3. The predicted molar refractivity (Wildman–Crippen MR) is 103 cm³/mol. The molecular weight excluding hydrogens is 425 g/mol. The van der Waals surface area contributed by atoms with Crippen molar-refractivity contribution in [3.8, 4) is 0 Å². The van der Waals surface area contributed by atoms with E-state index in [-0.39, 0.29) is 29.9 Å². The molecule has 0 saturated carbocycles. The minimum atomic E-state index is -0.216. The van der Waals surface area contributed by atoms with E-state index in [4.69, 9.17) is 9.15 Å². The molecule has 0 spiro atoms. The van der Waals surface area contributed by atoms with E-state index in [0.717, 1.165) is 45.4 Å². The first-order valence-electron chi connectivity index (χ1n) is 7.86. The quantitative estimate of drug-likeness (QED) is 0.236. The van der Waals surface area contributed by atoms with Gasteiger partial charge in [0.2, 0.25) is 0 Å². The average Bonchev–Trinajstić information content (AvgIpc) is 3.12. The lowest BCUT2D eigenvalue weighted by molar-refractivity contribution is 0.0389. The van der Waals surface area contributed by atoms with Crippen molar-refractivity contribution >= 4 is 35.8 Å². The van der Waals surface area contributed by atoms with Crippen LogP contribution in [0.25, 0.3) is 0 Å². The number of amides is 1. The van der Waals surface area contributed by atoms with Crippen molar-refractivity contribution in [2.45, 2.75) is 0 Å². The Bertz CT molecular complexity index is 489. The van der Waals surface area contributed by atoms with E-state index in [1.165, 1.54) is 6.26 Å². The van der Waals surface area contributed by atoms with E-state index in [1.54, 1.807) is 19.2 Å². The molecule has 2 rings (SSSR count). The van der Waals surface area contributed by atoms with Crippen molar-refractivity contribution in [3.63, 3.8) is 0 Å². The van der Waals surface area contributed by atoms with E-state index < -0.39 is 0 Å². The molecule has 1 fully saturated rings. The van der Waals surface area contributed by atoms with Gasteiger partial charge in [0.1, 0.15) is 0 Å². The second kappa shape index (κ2) is 12.1. The third-order valence-corrected chi connectivity index (χ3v) is 3.50. The van der Waals surface area contributed by atoms with Crippen LogP contribution in [0, 0.1) is 0 Å². The maximum absolute atomic E-state index is 11.7. The van der Waals surface area contributed by atoms with Crippen LogP contribution in [0.2, 0.25) is 0 Å². The zero-order valence-electron chi connectivity index (χ0n) is 13.9. The molecule has 9 heteroatoms. The van der Waals surface area contributed by atoms with Crippen molar-refractivity contribution in [3.05, 3.63) is 24.2 Å². The van der Waals surface area contributed by atoms with E-state index >= 15 is 0 Å². The molecule has 136 valence electrons. The highest BCUT2D eigenvalue weighted by atomic mass is 127. The standard InChI is InChI=1S/C15H25N5O3.HI/c1-16-15(19-6-7-20-8-11-22-12-9-20)18-5-4-17-14(21)13-3-2-10-23-13;/h2-3,10H,4-9,11-12H2,1H3,(H,17,21)(H2,16,18,19);1H. The number of halogens is 1. The fourth-order valence-corrected chi connectivity index (χ4v) is 2.23. The van der Waals surface area contributed by atoms with Crippen LogP contribution in [0.15, 0.2) is 27.8 Å². The van der Waals surface area contributed by atoms with Crippen LogP contribution in [0.3, 0.4) is 0 Å². The van der Waals surface area contributed by atoms with Gasteiger partial charge in [-0.2, -0.15) is 0 Å². The molecule has 0 unspecified atom stereocenters. The fourth-order valence-electron chi connectivity index (χ4n) is 2.23. The number of hydrogen-bond acceptors (Lipinski definition) is 5. The summed E-state index contributed by atoms with van der Waals surface area (Å²) in [6.45, 7) is 6.43. The number of ether oxygens (including phenoxy) is 1. The van der Waals surface area contributed by atoms with Gasteiger partial charge in [-0.25, -0.2) is 0 Å². The monoisotopic (exact) mass is 451 g/mol. The van der Waals surface area contributed by atoms with E-state index in [1.807, 2.05) is 0 Å². The van der Waals surface area contributed by atoms with Gasteiger partial charge < -0.3 is 25.1 Å². The third kappa shape index (κ3) is 7.49. The number of guanidine groups is 1. The van der Waals surface area contributed by atoms with E-state index in [2.05, 4.69) is 25.8 Å². The second-order valence-electron chi connectivity index (χ2n) is 5.11. The Morgan fingerprint density at radius 2 is 1.92 bits per heavy atom. The molecular formula is C15H26IN5O3. The Hall–Kier alpha value is -1.33. The number of hydrogen-bond donors (Lipinski definition) is 3. The molecule has 1 amide bonds. The molecule has 0 aromatic carbocycles. The van der Waals surface area contributed by atoms with Crippen molar-refractivity contribution in [2.24, 2.45) is 4.99 Å². The summed E-state index contributed by atoms with van der Waals surface area (Å²) in [5.41, 5.74) is 0. The summed E-state index contributed by atoms with van der Waals surface area (Å²) in [5, 5.41) is 9.19. The molecule has 1 aromatic heterocycles. The molecule has 0 atom stereocenters. The number of aliphatic imine (C=N–C) groups is 1. The van der Waals surface area contributed by atoms with E-state index in [0.29, 0.717) is 18.8 Å². The van der Waals surface area contributed by atoms with Crippen LogP contribution >= 0.6 is 24.0 Å². The smallest absolute Gasteiger partial charge is 0.287 e. The van der Waals surface area contributed by atoms with Gasteiger partial charge in [0.05, 0.1) is 19.5 Å². The zero-order chi connectivity index (χ0) is 16.3. The van der Waals surface area contributed by atoms with Crippen molar-refractivity contribution in [1.82, 2.24) is 20.9 Å². The molecule has 1 saturated heterocycles. The average molecular weight is 451 g/mol. The fraction of sp³-hybridized carbons (Fsp3) is 0.600. The maximum Gasteiger partial charge on any atom is 0.287 e. The number of morpholine rings is 1.